The fraction of sp³-hybridized carbons (Fsp3) is 0.133. The average molecular weight is 309 g/mol. The van der Waals surface area contributed by atoms with Crippen LogP contribution in [0.3, 0.4) is 0 Å². The van der Waals surface area contributed by atoms with E-state index in [1.807, 2.05) is 0 Å². The Morgan fingerprint density at radius 2 is 1.50 bits per heavy atom. The van der Waals surface area contributed by atoms with E-state index in [2.05, 4.69) is 0 Å². The molecule has 1 aliphatic rings. The largest absolute Gasteiger partial charge is 0.486 e. The van der Waals surface area contributed by atoms with E-state index >= 15 is 0 Å². The van der Waals surface area contributed by atoms with Gasteiger partial charge in [0.2, 0.25) is 0 Å². The van der Waals surface area contributed by atoms with E-state index in [-0.39, 0.29) is 5.78 Å². The molecular weight excluding hydrogens is 299 g/mol. The Labute approximate surface area is 126 Å². The van der Waals surface area contributed by atoms with E-state index in [1.54, 1.807) is 36.4 Å². The standard InChI is InChI=1S/C15H10Cl2O3/c16-11-5-10(6-12(17)8-11)15(18)9-1-2-13-14(7-9)20-4-3-19-13/h1-2,5-8H,3-4H2. The van der Waals surface area contributed by atoms with Gasteiger partial charge >= 0.3 is 0 Å². The van der Waals surface area contributed by atoms with Gasteiger partial charge in [-0.05, 0) is 36.4 Å². The SMILES string of the molecule is O=C(c1cc(Cl)cc(Cl)c1)c1ccc2c(c1)OCCO2. The second-order valence-corrected chi connectivity index (χ2v) is 5.22. The van der Waals surface area contributed by atoms with Gasteiger partial charge in [-0.3, -0.25) is 4.79 Å². The molecule has 0 unspecified atom stereocenters. The Kier molecular flexibility index (Phi) is 3.55. The van der Waals surface area contributed by atoms with E-state index in [0.29, 0.717) is 45.9 Å². The first kappa shape index (κ1) is 13.3. The van der Waals surface area contributed by atoms with Gasteiger partial charge in [0, 0.05) is 21.2 Å². The lowest BCUT2D eigenvalue weighted by Gasteiger charge is -2.18. The van der Waals surface area contributed by atoms with Crippen molar-refractivity contribution in [2.75, 3.05) is 13.2 Å². The van der Waals surface area contributed by atoms with E-state index in [9.17, 15) is 4.79 Å². The van der Waals surface area contributed by atoms with Crippen molar-refractivity contribution in [1.82, 2.24) is 0 Å². The molecule has 0 N–H and O–H groups in total. The van der Waals surface area contributed by atoms with Crippen LogP contribution in [0.5, 0.6) is 11.5 Å². The van der Waals surface area contributed by atoms with Gasteiger partial charge in [0.15, 0.2) is 17.3 Å². The highest BCUT2D eigenvalue weighted by molar-refractivity contribution is 6.35. The van der Waals surface area contributed by atoms with Crippen LogP contribution in [0.15, 0.2) is 36.4 Å². The minimum Gasteiger partial charge on any atom is -0.486 e. The lowest BCUT2D eigenvalue weighted by Crippen LogP contribution is -2.15. The number of ketones is 1. The van der Waals surface area contributed by atoms with Crippen molar-refractivity contribution >= 4 is 29.0 Å². The average Bonchev–Trinajstić information content (AvgIpc) is 2.45. The van der Waals surface area contributed by atoms with E-state index in [4.69, 9.17) is 32.7 Å². The summed E-state index contributed by atoms with van der Waals surface area (Å²) in [6.07, 6.45) is 0. The van der Waals surface area contributed by atoms with Gasteiger partial charge in [-0.1, -0.05) is 23.2 Å². The molecule has 2 aromatic carbocycles. The van der Waals surface area contributed by atoms with Gasteiger partial charge in [0.25, 0.3) is 0 Å². The Morgan fingerprint density at radius 3 is 2.20 bits per heavy atom. The molecule has 0 aliphatic carbocycles. The Morgan fingerprint density at radius 1 is 0.850 bits per heavy atom. The third-order valence-corrected chi connectivity index (χ3v) is 3.37. The molecule has 0 aromatic heterocycles. The van der Waals surface area contributed by atoms with Crippen molar-refractivity contribution in [3.8, 4) is 11.5 Å². The molecule has 1 heterocycles. The van der Waals surface area contributed by atoms with Gasteiger partial charge in [0.05, 0.1) is 0 Å². The lowest BCUT2D eigenvalue weighted by molar-refractivity contribution is 0.103. The number of carbonyl (C=O) groups excluding carboxylic acids is 1. The van der Waals surface area contributed by atoms with Crippen LogP contribution in [0.25, 0.3) is 0 Å². The van der Waals surface area contributed by atoms with E-state index in [0.717, 1.165) is 0 Å². The maximum Gasteiger partial charge on any atom is 0.193 e. The van der Waals surface area contributed by atoms with Crippen molar-refractivity contribution < 1.29 is 14.3 Å². The predicted octanol–water partition coefficient (Wildman–Crippen LogP) is 4.00. The summed E-state index contributed by atoms with van der Waals surface area (Å²) in [7, 11) is 0. The number of halogens is 2. The number of fused-ring (bicyclic) bond motifs is 1. The maximum atomic E-state index is 12.4. The zero-order chi connectivity index (χ0) is 14.1. The number of ether oxygens (including phenoxy) is 2. The Bertz CT molecular complexity index is 663. The van der Waals surface area contributed by atoms with Gasteiger partial charge in [-0.15, -0.1) is 0 Å². The molecule has 0 amide bonds. The predicted molar refractivity (Wildman–Crippen MR) is 77.3 cm³/mol. The highest BCUT2D eigenvalue weighted by Crippen LogP contribution is 2.32. The molecule has 0 fully saturated rings. The van der Waals surface area contributed by atoms with Crippen molar-refractivity contribution in [2.24, 2.45) is 0 Å². The van der Waals surface area contributed by atoms with Crippen molar-refractivity contribution in [2.45, 2.75) is 0 Å². The number of hydrogen-bond donors (Lipinski definition) is 0. The molecule has 3 rings (SSSR count). The summed E-state index contributed by atoms with van der Waals surface area (Å²) in [5.41, 5.74) is 0.951. The molecule has 2 aromatic rings. The van der Waals surface area contributed by atoms with Crippen LogP contribution in [-0.2, 0) is 0 Å². The molecule has 5 heteroatoms. The number of rotatable bonds is 2. The van der Waals surface area contributed by atoms with Crippen molar-refractivity contribution in [3.63, 3.8) is 0 Å². The molecular formula is C15H10Cl2O3. The summed E-state index contributed by atoms with van der Waals surface area (Å²) in [6.45, 7) is 0.998. The molecule has 0 radical (unpaired) electrons. The molecule has 3 nitrogen and oxygen atoms in total. The first-order valence-corrected chi connectivity index (χ1v) is 6.79. The fourth-order valence-corrected chi connectivity index (χ4v) is 2.56. The first-order chi connectivity index (χ1) is 9.63. The fourth-order valence-electron chi connectivity index (χ4n) is 2.04. The summed E-state index contributed by atoms with van der Waals surface area (Å²) in [6, 6.07) is 9.87. The normalized spacial score (nSPS) is 13.1. The van der Waals surface area contributed by atoms with Gasteiger partial charge in [-0.2, -0.15) is 0 Å². The third kappa shape index (κ3) is 2.60. The van der Waals surface area contributed by atoms with E-state index in [1.165, 1.54) is 0 Å². The molecule has 0 bridgehead atoms. The van der Waals surface area contributed by atoms with Crippen molar-refractivity contribution in [1.29, 1.82) is 0 Å². The summed E-state index contributed by atoms with van der Waals surface area (Å²) in [5, 5.41) is 0.858. The Hall–Kier alpha value is -1.71. The van der Waals surface area contributed by atoms with Crippen LogP contribution >= 0.6 is 23.2 Å². The smallest absolute Gasteiger partial charge is 0.193 e. The topological polar surface area (TPSA) is 35.5 Å². The molecule has 0 atom stereocenters. The Balaban J connectivity index is 1.97. The second-order valence-electron chi connectivity index (χ2n) is 4.35. The molecule has 102 valence electrons. The maximum absolute atomic E-state index is 12.4. The number of benzene rings is 2. The zero-order valence-electron chi connectivity index (χ0n) is 10.4. The number of hydrogen-bond acceptors (Lipinski definition) is 3. The second kappa shape index (κ2) is 5.35. The van der Waals surface area contributed by atoms with Gasteiger partial charge < -0.3 is 9.47 Å². The highest BCUT2D eigenvalue weighted by Gasteiger charge is 2.16. The number of carbonyl (C=O) groups is 1. The van der Waals surface area contributed by atoms with Crippen LogP contribution in [0.2, 0.25) is 10.0 Å². The summed E-state index contributed by atoms with van der Waals surface area (Å²) in [5.74, 6) is 1.07. The summed E-state index contributed by atoms with van der Waals surface area (Å²) < 4.78 is 10.9. The van der Waals surface area contributed by atoms with Crippen LogP contribution in [0.1, 0.15) is 15.9 Å². The first-order valence-electron chi connectivity index (χ1n) is 6.04. The van der Waals surface area contributed by atoms with Crippen molar-refractivity contribution in [3.05, 3.63) is 57.6 Å². The van der Waals surface area contributed by atoms with Gasteiger partial charge in [0.1, 0.15) is 13.2 Å². The quantitative estimate of drug-likeness (QED) is 0.787. The molecule has 0 spiro atoms. The lowest BCUT2D eigenvalue weighted by atomic mass is 10.0. The van der Waals surface area contributed by atoms with Crippen LogP contribution in [0.4, 0.5) is 0 Å². The monoisotopic (exact) mass is 308 g/mol. The molecule has 0 saturated heterocycles. The molecule has 1 aliphatic heterocycles. The minimum atomic E-state index is -0.161. The molecule has 0 saturated carbocycles. The summed E-state index contributed by atoms with van der Waals surface area (Å²) in [4.78, 5) is 12.4. The van der Waals surface area contributed by atoms with Crippen LogP contribution in [0, 0.1) is 0 Å². The third-order valence-electron chi connectivity index (χ3n) is 2.93. The minimum absolute atomic E-state index is 0.161. The van der Waals surface area contributed by atoms with Crippen LogP contribution < -0.4 is 9.47 Å². The zero-order valence-corrected chi connectivity index (χ0v) is 11.9. The molecule has 20 heavy (non-hydrogen) atoms. The summed E-state index contributed by atoms with van der Waals surface area (Å²) >= 11 is 11.8. The van der Waals surface area contributed by atoms with Gasteiger partial charge in [-0.25, -0.2) is 0 Å². The van der Waals surface area contributed by atoms with Crippen LogP contribution in [-0.4, -0.2) is 19.0 Å². The van der Waals surface area contributed by atoms with E-state index < -0.39 is 0 Å². The highest BCUT2D eigenvalue weighted by atomic mass is 35.5.